The number of sulfonamides is 1. The van der Waals surface area contributed by atoms with Crippen LogP contribution < -0.4 is 15.4 Å². The quantitative estimate of drug-likeness (QED) is 0.668. The summed E-state index contributed by atoms with van der Waals surface area (Å²) in [5.74, 6) is -0.163. The highest BCUT2D eigenvalue weighted by molar-refractivity contribution is 7.92. The van der Waals surface area contributed by atoms with Crippen molar-refractivity contribution in [3.05, 3.63) is 47.8 Å². The Balaban J connectivity index is 1.95. The van der Waals surface area contributed by atoms with Crippen LogP contribution in [0.2, 0.25) is 0 Å². The number of anilines is 1. The molecule has 3 N–H and O–H groups in total. The maximum absolute atomic E-state index is 12.3. The molecule has 24 heavy (non-hydrogen) atoms. The highest BCUT2D eigenvalue weighted by atomic mass is 32.2. The Morgan fingerprint density at radius 1 is 1.29 bits per heavy atom. The van der Waals surface area contributed by atoms with Gasteiger partial charge in [0, 0.05) is 31.0 Å². The Bertz CT molecular complexity index is 799. The molecule has 1 aromatic heterocycles. The summed E-state index contributed by atoms with van der Waals surface area (Å²) in [6.07, 6.45) is 4.52. The Hall–Kier alpha value is -2.39. The first kappa shape index (κ1) is 18.0. The molecule has 9 heteroatoms. The fourth-order valence-corrected chi connectivity index (χ4v) is 2.80. The zero-order valence-electron chi connectivity index (χ0n) is 13.8. The molecule has 0 aliphatic rings. The van der Waals surface area contributed by atoms with Crippen molar-refractivity contribution < 1.29 is 13.2 Å². The normalized spacial score (nSPS) is 12.6. The van der Waals surface area contributed by atoms with E-state index in [1.807, 2.05) is 0 Å². The van der Waals surface area contributed by atoms with Gasteiger partial charge in [-0.2, -0.15) is 5.10 Å². The molecule has 0 aliphatic heterocycles. The molecule has 1 aromatic carbocycles. The Labute approximate surface area is 141 Å². The minimum absolute atomic E-state index is 0.163. The van der Waals surface area contributed by atoms with Crippen LogP contribution in [0.4, 0.5) is 5.69 Å². The number of likely N-dealkylation sites (N-methyl/N-ethyl adjacent to an activating group) is 1. The molecule has 1 atom stereocenters. The predicted octanol–water partition coefficient (Wildman–Crippen LogP) is 0.369. The summed E-state index contributed by atoms with van der Waals surface area (Å²) >= 11 is 0. The van der Waals surface area contributed by atoms with E-state index in [2.05, 4.69) is 20.5 Å². The van der Waals surface area contributed by atoms with Gasteiger partial charge in [-0.1, -0.05) is 12.1 Å². The van der Waals surface area contributed by atoms with Crippen molar-refractivity contribution in [2.75, 3.05) is 18.0 Å². The smallest absolute Gasteiger partial charge is 0.242 e. The number of nitrogens with one attached hydrogen (secondary N) is 3. The number of aromatic nitrogens is 2. The molecule has 130 valence electrons. The molecule has 0 bridgehead atoms. The maximum atomic E-state index is 12.3. The summed E-state index contributed by atoms with van der Waals surface area (Å²) < 4.78 is 26.4. The summed E-state index contributed by atoms with van der Waals surface area (Å²) in [7, 11) is 0.208. The van der Waals surface area contributed by atoms with Crippen molar-refractivity contribution in [3.8, 4) is 0 Å². The Kier molecular flexibility index (Phi) is 5.58. The van der Waals surface area contributed by atoms with Gasteiger partial charge in [0.15, 0.2) is 0 Å². The zero-order chi connectivity index (χ0) is 17.7. The molecule has 1 heterocycles. The van der Waals surface area contributed by atoms with Gasteiger partial charge in [0.1, 0.15) is 6.04 Å². The highest BCUT2D eigenvalue weighted by Crippen LogP contribution is 2.13. The number of carbonyl (C=O) groups is 1. The molecule has 0 saturated carbocycles. The van der Waals surface area contributed by atoms with Crippen LogP contribution in [0.1, 0.15) is 17.2 Å². The lowest BCUT2D eigenvalue weighted by Crippen LogP contribution is -2.35. The molecule has 1 amide bonds. The third-order valence-electron chi connectivity index (χ3n) is 3.33. The number of nitrogens with zero attached hydrogens (tertiary/aromatic N) is 2. The van der Waals surface area contributed by atoms with E-state index in [0.717, 1.165) is 17.4 Å². The first-order valence-electron chi connectivity index (χ1n) is 7.29. The van der Waals surface area contributed by atoms with Crippen LogP contribution in [-0.4, -0.2) is 37.4 Å². The predicted molar refractivity (Wildman–Crippen MR) is 91.8 cm³/mol. The van der Waals surface area contributed by atoms with Gasteiger partial charge in [0.2, 0.25) is 15.9 Å². The van der Waals surface area contributed by atoms with E-state index in [4.69, 9.17) is 0 Å². The second-order valence-electron chi connectivity index (χ2n) is 5.46. The average molecular weight is 351 g/mol. The van der Waals surface area contributed by atoms with Crippen molar-refractivity contribution >= 4 is 21.6 Å². The zero-order valence-corrected chi connectivity index (χ0v) is 14.6. The minimum Gasteiger partial charge on any atom is -0.350 e. The molecule has 0 spiro atoms. The van der Waals surface area contributed by atoms with Crippen LogP contribution in [0.3, 0.4) is 0 Å². The van der Waals surface area contributed by atoms with E-state index in [1.165, 1.54) is 0 Å². The average Bonchev–Trinajstić information content (AvgIpc) is 2.92. The number of hydrogen-bond donors (Lipinski definition) is 3. The van der Waals surface area contributed by atoms with Gasteiger partial charge in [-0.05, 0) is 24.7 Å². The van der Waals surface area contributed by atoms with Crippen molar-refractivity contribution in [2.24, 2.45) is 7.05 Å². The molecule has 0 radical (unpaired) electrons. The van der Waals surface area contributed by atoms with Gasteiger partial charge >= 0.3 is 0 Å². The molecule has 0 fully saturated rings. The maximum Gasteiger partial charge on any atom is 0.242 e. The van der Waals surface area contributed by atoms with Crippen molar-refractivity contribution in [3.63, 3.8) is 0 Å². The van der Waals surface area contributed by atoms with E-state index in [0.29, 0.717) is 12.2 Å². The number of benzene rings is 1. The lowest BCUT2D eigenvalue weighted by Gasteiger charge is -2.14. The van der Waals surface area contributed by atoms with Crippen molar-refractivity contribution in [1.82, 2.24) is 20.4 Å². The number of amides is 1. The molecule has 1 unspecified atom stereocenters. The standard InChI is InChI=1S/C15H21N5O3S/c1-16-14(12-9-18-20(2)10-12)15(21)17-8-11-4-6-13(7-5-11)19-24(3,22)23/h4-7,9-10,14,16,19H,8H2,1-3H3,(H,17,21). The number of aryl methyl sites for hydroxylation is 1. The summed E-state index contributed by atoms with van der Waals surface area (Å²) in [6, 6.07) is 6.33. The van der Waals surface area contributed by atoms with Gasteiger partial charge in [0.25, 0.3) is 0 Å². The van der Waals surface area contributed by atoms with Gasteiger partial charge in [0.05, 0.1) is 12.5 Å². The van der Waals surface area contributed by atoms with Gasteiger partial charge in [-0.15, -0.1) is 0 Å². The lowest BCUT2D eigenvalue weighted by molar-refractivity contribution is -0.123. The summed E-state index contributed by atoms with van der Waals surface area (Å²) in [4.78, 5) is 12.3. The number of carbonyl (C=O) groups excluding carboxylic acids is 1. The third-order valence-corrected chi connectivity index (χ3v) is 3.94. The fourth-order valence-electron chi connectivity index (χ4n) is 2.23. The van der Waals surface area contributed by atoms with E-state index >= 15 is 0 Å². The largest absolute Gasteiger partial charge is 0.350 e. The van der Waals surface area contributed by atoms with E-state index < -0.39 is 16.1 Å². The monoisotopic (exact) mass is 351 g/mol. The summed E-state index contributed by atoms with van der Waals surface area (Å²) in [5, 5.41) is 9.87. The Morgan fingerprint density at radius 3 is 2.46 bits per heavy atom. The fraction of sp³-hybridized carbons (Fsp3) is 0.333. The third kappa shape index (κ3) is 5.07. The molecule has 0 saturated heterocycles. The van der Waals surface area contributed by atoms with E-state index in [1.54, 1.807) is 55.4 Å². The molecule has 2 rings (SSSR count). The molecular weight excluding hydrogens is 330 g/mol. The van der Waals surface area contributed by atoms with Gasteiger partial charge in [-0.3, -0.25) is 14.2 Å². The van der Waals surface area contributed by atoms with Crippen LogP contribution in [0.25, 0.3) is 0 Å². The van der Waals surface area contributed by atoms with Crippen LogP contribution in [0.5, 0.6) is 0 Å². The lowest BCUT2D eigenvalue weighted by atomic mass is 10.1. The molecule has 2 aromatic rings. The van der Waals surface area contributed by atoms with Crippen LogP contribution in [0.15, 0.2) is 36.7 Å². The number of hydrogen-bond acceptors (Lipinski definition) is 5. The summed E-state index contributed by atoms with van der Waals surface area (Å²) in [6.45, 7) is 0.344. The van der Waals surface area contributed by atoms with Crippen molar-refractivity contribution in [2.45, 2.75) is 12.6 Å². The van der Waals surface area contributed by atoms with Gasteiger partial charge < -0.3 is 10.6 Å². The topological polar surface area (TPSA) is 105 Å². The Morgan fingerprint density at radius 2 is 1.96 bits per heavy atom. The molecular formula is C15H21N5O3S. The second-order valence-corrected chi connectivity index (χ2v) is 7.21. The van der Waals surface area contributed by atoms with Crippen LogP contribution >= 0.6 is 0 Å². The van der Waals surface area contributed by atoms with E-state index in [9.17, 15) is 13.2 Å². The first-order chi connectivity index (χ1) is 11.3. The SMILES string of the molecule is CNC(C(=O)NCc1ccc(NS(C)(=O)=O)cc1)c1cnn(C)c1. The summed E-state index contributed by atoms with van der Waals surface area (Å²) in [5.41, 5.74) is 2.13. The number of rotatable bonds is 7. The van der Waals surface area contributed by atoms with Gasteiger partial charge in [-0.25, -0.2) is 8.42 Å². The first-order valence-corrected chi connectivity index (χ1v) is 9.18. The molecule has 8 nitrogen and oxygen atoms in total. The second kappa shape index (κ2) is 7.45. The van der Waals surface area contributed by atoms with Crippen molar-refractivity contribution in [1.29, 1.82) is 0 Å². The van der Waals surface area contributed by atoms with Crippen LogP contribution in [0, 0.1) is 0 Å². The minimum atomic E-state index is -3.29. The molecule has 0 aliphatic carbocycles. The van der Waals surface area contributed by atoms with E-state index in [-0.39, 0.29) is 5.91 Å². The van der Waals surface area contributed by atoms with Crippen LogP contribution in [-0.2, 0) is 28.4 Å². The highest BCUT2D eigenvalue weighted by Gasteiger charge is 2.19.